The van der Waals surface area contributed by atoms with Gasteiger partial charge in [0, 0.05) is 19.2 Å². The Morgan fingerprint density at radius 2 is 2.15 bits per heavy atom. The lowest BCUT2D eigenvalue weighted by molar-refractivity contribution is 0.218. The maximum atomic E-state index is 11.8. The van der Waals surface area contributed by atoms with Crippen LogP contribution in [0.5, 0.6) is 5.75 Å². The molecule has 5 nitrogen and oxygen atoms in total. The highest BCUT2D eigenvalue weighted by molar-refractivity contribution is 5.74. The van der Waals surface area contributed by atoms with Crippen molar-refractivity contribution < 1.29 is 14.6 Å². The molecule has 1 aromatic carbocycles. The second-order valence-electron chi connectivity index (χ2n) is 5.04. The van der Waals surface area contributed by atoms with Crippen molar-refractivity contribution in [1.82, 2.24) is 10.6 Å². The monoisotopic (exact) mass is 280 g/mol. The van der Waals surface area contributed by atoms with Crippen molar-refractivity contribution in [2.24, 2.45) is 5.92 Å². The summed E-state index contributed by atoms with van der Waals surface area (Å²) in [6.07, 6.45) is 0.560. The first-order valence-corrected chi connectivity index (χ1v) is 6.85. The van der Waals surface area contributed by atoms with Crippen LogP contribution < -0.4 is 15.4 Å². The van der Waals surface area contributed by atoms with Crippen molar-refractivity contribution in [3.05, 3.63) is 29.8 Å². The molecule has 112 valence electrons. The van der Waals surface area contributed by atoms with Crippen LogP contribution in [0.15, 0.2) is 24.3 Å². The second-order valence-corrected chi connectivity index (χ2v) is 5.04. The third-order valence-electron chi connectivity index (χ3n) is 3.15. The lowest BCUT2D eigenvalue weighted by Gasteiger charge is -2.21. The number of methoxy groups -OCH3 is 1. The van der Waals surface area contributed by atoms with E-state index >= 15 is 0 Å². The molecule has 0 saturated heterocycles. The van der Waals surface area contributed by atoms with E-state index in [0.29, 0.717) is 13.0 Å². The normalized spacial score (nSPS) is 12.1. The first kappa shape index (κ1) is 16.3. The quantitative estimate of drug-likeness (QED) is 0.714. The van der Waals surface area contributed by atoms with Crippen LogP contribution in [0.25, 0.3) is 0 Å². The molecular formula is C15H24N2O3. The molecule has 0 bridgehead atoms. The summed E-state index contributed by atoms with van der Waals surface area (Å²) in [5, 5.41) is 14.7. The lowest BCUT2D eigenvalue weighted by atomic mass is 10.0. The number of aliphatic hydroxyl groups is 1. The van der Waals surface area contributed by atoms with Crippen LogP contribution in [0.4, 0.5) is 4.79 Å². The van der Waals surface area contributed by atoms with E-state index in [-0.39, 0.29) is 24.6 Å². The van der Waals surface area contributed by atoms with Gasteiger partial charge in [-0.1, -0.05) is 26.0 Å². The molecule has 0 aliphatic heterocycles. The zero-order chi connectivity index (χ0) is 15.0. The van der Waals surface area contributed by atoms with Crippen molar-refractivity contribution in [3.8, 4) is 5.75 Å². The van der Waals surface area contributed by atoms with Crippen molar-refractivity contribution in [2.45, 2.75) is 32.9 Å². The smallest absolute Gasteiger partial charge is 0.315 e. The molecule has 1 unspecified atom stereocenters. The largest absolute Gasteiger partial charge is 0.497 e. The number of aliphatic hydroxyl groups excluding tert-OH is 1. The average molecular weight is 280 g/mol. The third kappa shape index (κ3) is 5.48. The van der Waals surface area contributed by atoms with Gasteiger partial charge >= 0.3 is 6.03 Å². The van der Waals surface area contributed by atoms with Gasteiger partial charge in [-0.15, -0.1) is 0 Å². The van der Waals surface area contributed by atoms with Gasteiger partial charge in [0.1, 0.15) is 5.75 Å². The highest BCUT2D eigenvalue weighted by Crippen LogP contribution is 2.12. The van der Waals surface area contributed by atoms with Gasteiger partial charge in [0.15, 0.2) is 0 Å². The Labute approximate surface area is 120 Å². The number of amides is 2. The molecule has 0 radical (unpaired) electrons. The Balaban J connectivity index is 2.45. The predicted octanol–water partition coefficient (Wildman–Crippen LogP) is 1.90. The molecule has 0 aliphatic carbocycles. The number of rotatable bonds is 7. The Hall–Kier alpha value is -1.75. The van der Waals surface area contributed by atoms with Crippen LogP contribution in [0, 0.1) is 5.92 Å². The maximum Gasteiger partial charge on any atom is 0.315 e. The topological polar surface area (TPSA) is 70.6 Å². The minimum Gasteiger partial charge on any atom is -0.497 e. The van der Waals surface area contributed by atoms with Crippen LogP contribution in [0.2, 0.25) is 0 Å². The van der Waals surface area contributed by atoms with Crippen molar-refractivity contribution in [1.29, 1.82) is 0 Å². The number of ether oxygens (including phenoxy) is 1. The molecule has 0 aromatic heterocycles. The number of nitrogens with one attached hydrogen (secondary N) is 2. The van der Waals surface area contributed by atoms with Crippen molar-refractivity contribution in [2.75, 3.05) is 13.7 Å². The molecule has 1 aromatic rings. The number of urea groups is 1. The van der Waals surface area contributed by atoms with Gasteiger partial charge in [-0.3, -0.25) is 0 Å². The zero-order valence-electron chi connectivity index (χ0n) is 12.3. The van der Waals surface area contributed by atoms with Gasteiger partial charge in [0.05, 0.1) is 7.11 Å². The molecule has 2 amide bonds. The van der Waals surface area contributed by atoms with Gasteiger partial charge in [0.25, 0.3) is 0 Å². The van der Waals surface area contributed by atoms with Gasteiger partial charge in [0.2, 0.25) is 0 Å². The summed E-state index contributed by atoms with van der Waals surface area (Å²) in [6, 6.07) is 7.31. The predicted molar refractivity (Wildman–Crippen MR) is 78.7 cm³/mol. The van der Waals surface area contributed by atoms with Gasteiger partial charge in [-0.05, 0) is 30.0 Å². The number of benzene rings is 1. The van der Waals surface area contributed by atoms with E-state index in [1.165, 1.54) is 0 Å². The van der Waals surface area contributed by atoms with Gasteiger partial charge in [-0.2, -0.15) is 0 Å². The molecule has 3 N–H and O–H groups in total. The van der Waals surface area contributed by atoms with Crippen LogP contribution in [0.3, 0.4) is 0 Å². The molecule has 20 heavy (non-hydrogen) atoms. The van der Waals surface area contributed by atoms with Crippen molar-refractivity contribution >= 4 is 6.03 Å². The Morgan fingerprint density at radius 1 is 1.40 bits per heavy atom. The fraction of sp³-hybridized carbons (Fsp3) is 0.533. The molecule has 0 heterocycles. The zero-order valence-corrected chi connectivity index (χ0v) is 12.3. The lowest BCUT2D eigenvalue weighted by Crippen LogP contribution is -2.44. The van der Waals surface area contributed by atoms with Gasteiger partial charge < -0.3 is 20.5 Å². The van der Waals surface area contributed by atoms with E-state index in [4.69, 9.17) is 9.84 Å². The molecule has 1 atom stereocenters. The Kier molecular flexibility index (Phi) is 6.87. The Morgan fingerprint density at radius 3 is 2.75 bits per heavy atom. The minimum atomic E-state index is -0.222. The molecule has 0 aliphatic rings. The summed E-state index contributed by atoms with van der Waals surface area (Å²) >= 11 is 0. The van der Waals surface area contributed by atoms with Crippen LogP contribution >= 0.6 is 0 Å². The summed E-state index contributed by atoms with van der Waals surface area (Å²) in [4.78, 5) is 11.8. The average Bonchev–Trinajstić information content (AvgIpc) is 2.44. The van der Waals surface area contributed by atoms with Crippen LogP contribution in [0.1, 0.15) is 25.8 Å². The van der Waals surface area contributed by atoms with E-state index in [9.17, 15) is 4.79 Å². The number of hydrogen-bond donors (Lipinski definition) is 3. The molecule has 1 rings (SSSR count). The number of carbonyl (C=O) groups excluding carboxylic acids is 1. The maximum absolute atomic E-state index is 11.8. The van der Waals surface area contributed by atoms with E-state index in [0.717, 1.165) is 11.3 Å². The summed E-state index contributed by atoms with van der Waals surface area (Å²) in [5.74, 6) is 1.05. The summed E-state index contributed by atoms with van der Waals surface area (Å²) in [5.41, 5.74) is 0.975. The second kappa shape index (κ2) is 8.43. The van der Waals surface area contributed by atoms with E-state index < -0.39 is 0 Å². The van der Waals surface area contributed by atoms with Crippen molar-refractivity contribution in [3.63, 3.8) is 0 Å². The summed E-state index contributed by atoms with van der Waals surface area (Å²) < 4.78 is 5.13. The first-order chi connectivity index (χ1) is 9.56. The molecule has 5 heteroatoms. The third-order valence-corrected chi connectivity index (χ3v) is 3.15. The fourth-order valence-corrected chi connectivity index (χ4v) is 1.90. The van der Waals surface area contributed by atoms with Crippen LogP contribution in [-0.2, 0) is 6.54 Å². The summed E-state index contributed by atoms with van der Waals surface area (Å²) in [7, 11) is 1.61. The summed E-state index contributed by atoms with van der Waals surface area (Å²) in [6.45, 7) is 4.54. The fourth-order valence-electron chi connectivity index (χ4n) is 1.90. The molecule has 0 spiro atoms. The van der Waals surface area contributed by atoms with E-state index in [2.05, 4.69) is 10.6 Å². The molecule has 0 saturated carbocycles. The van der Waals surface area contributed by atoms with Gasteiger partial charge in [-0.25, -0.2) is 4.79 Å². The highest BCUT2D eigenvalue weighted by Gasteiger charge is 2.15. The standard InChI is InChI=1S/C15H24N2O3/c1-11(2)14(7-8-18)17-15(19)16-10-12-5-4-6-13(9-12)20-3/h4-6,9,11,14,18H,7-8,10H2,1-3H3,(H2,16,17,19). The SMILES string of the molecule is COc1cccc(CNC(=O)NC(CCO)C(C)C)c1. The van der Waals surface area contributed by atoms with Crippen LogP contribution in [-0.4, -0.2) is 30.9 Å². The molecular weight excluding hydrogens is 256 g/mol. The minimum absolute atomic E-state index is 0.0229. The van der Waals surface area contributed by atoms with E-state index in [1.807, 2.05) is 38.1 Å². The number of carbonyl (C=O) groups is 1. The highest BCUT2D eigenvalue weighted by atomic mass is 16.5. The Bertz CT molecular complexity index is 421. The molecule has 0 fully saturated rings. The first-order valence-electron chi connectivity index (χ1n) is 6.85. The van der Waals surface area contributed by atoms with E-state index in [1.54, 1.807) is 7.11 Å². The number of hydrogen-bond acceptors (Lipinski definition) is 3.